The number of fused-ring (bicyclic) bond motifs is 3. The first-order chi connectivity index (χ1) is 26.4. The molecule has 8 rings (SSSR count). The van der Waals surface area contributed by atoms with Crippen molar-refractivity contribution in [3.05, 3.63) is 162 Å². The molecule has 0 saturated heterocycles. The maximum atomic E-state index is 6.50. The molecule has 8 aromatic rings. The molecular formula is C50H48N4OPt-2. The Hall–Kier alpha value is -5.25. The van der Waals surface area contributed by atoms with E-state index in [2.05, 4.69) is 179 Å². The van der Waals surface area contributed by atoms with Gasteiger partial charge >= 0.3 is 0 Å². The van der Waals surface area contributed by atoms with E-state index in [4.69, 9.17) is 9.72 Å². The molecule has 0 amide bonds. The standard InChI is InChI=1S/C50H48N4O.Pt/c1-32(2)42-17-13-18-43(33(3)4)49(42)36-20-22-38(23-21-36)52-31-53(35(6)34(52)5)39-14-12-15-40(29-39)55-41-24-25-45-44-16-10-11-19-46(44)54(47(45)30-41)48-28-37(26-27-51-48)50(7,8)9;/h10-28,32-33H,1-9H3;/q-2;. The van der Waals surface area contributed by atoms with Gasteiger partial charge in [0.1, 0.15) is 5.82 Å². The smallest absolute Gasteiger partial charge is 0.267 e. The fourth-order valence-electron chi connectivity index (χ4n) is 7.64. The normalized spacial score (nSPS) is 11.8. The first-order valence-electron chi connectivity index (χ1n) is 19.3. The summed E-state index contributed by atoms with van der Waals surface area (Å²) in [5, 5.41) is 2.24. The van der Waals surface area contributed by atoms with E-state index in [0.29, 0.717) is 23.3 Å². The summed E-state index contributed by atoms with van der Waals surface area (Å²) < 4.78 is 12.9. The molecule has 0 unspecified atom stereocenters. The van der Waals surface area contributed by atoms with Crippen LogP contribution in [0.2, 0.25) is 0 Å². The molecule has 0 aliphatic rings. The zero-order chi connectivity index (χ0) is 38.6. The van der Waals surface area contributed by atoms with Crippen molar-refractivity contribution < 1.29 is 30.4 Å². The number of hydrogen-bond acceptors (Lipinski definition) is 2. The molecule has 3 aromatic heterocycles. The van der Waals surface area contributed by atoms with Gasteiger partial charge in [-0.05, 0) is 100 Å². The second kappa shape index (κ2) is 15.4. The number of pyridine rings is 1. The van der Waals surface area contributed by atoms with Gasteiger partial charge in [-0.1, -0.05) is 103 Å². The van der Waals surface area contributed by atoms with E-state index in [0.717, 1.165) is 50.4 Å². The Morgan fingerprint density at radius 3 is 2.09 bits per heavy atom. The minimum absolute atomic E-state index is 0. The van der Waals surface area contributed by atoms with E-state index in [9.17, 15) is 0 Å². The van der Waals surface area contributed by atoms with Crippen molar-refractivity contribution in [2.45, 2.75) is 79.6 Å². The van der Waals surface area contributed by atoms with Crippen LogP contribution in [0, 0.1) is 32.3 Å². The van der Waals surface area contributed by atoms with E-state index in [1.54, 1.807) is 0 Å². The molecule has 0 spiro atoms. The molecule has 0 N–H and O–H groups in total. The fraction of sp³-hybridized carbons (Fsp3) is 0.240. The van der Waals surface area contributed by atoms with Crippen LogP contribution < -0.4 is 9.30 Å². The van der Waals surface area contributed by atoms with Crippen molar-refractivity contribution in [2.24, 2.45) is 0 Å². The van der Waals surface area contributed by atoms with Gasteiger partial charge in [0.15, 0.2) is 0 Å². The van der Waals surface area contributed by atoms with Crippen LogP contribution in [0.1, 0.15) is 88.4 Å². The topological polar surface area (TPSA) is 35.9 Å². The summed E-state index contributed by atoms with van der Waals surface area (Å²) in [6, 6.07) is 45.5. The van der Waals surface area contributed by atoms with Crippen LogP contribution in [0.15, 0.2) is 115 Å². The van der Waals surface area contributed by atoms with E-state index < -0.39 is 0 Å². The molecular weight excluding hydrogens is 868 g/mol. The van der Waals surface area contributed by atoms with E-state index in [-0.39, 0.29) is 26.5 Å². The number of hydrogen-bond donors (Lipinski definition) is 0. The number of nitrogens with zero attached hydrogens (tertiary/aromatic N) is 4. The second-order valence-corrected chi connectivity index (χ2v) is 16.2. The van der Waals surface area contributed by atoms with Crippen LogP contribution in [0.3, 0.4) is 0 Å². The fourth-order valence-corrected chi connectivity index (χ4v) is 7.64. The Kier molecular flexibility index (Phi) is 10.7. The quantitative estimate of drug-likeness (QED) is 0.112. The predicted octanol–water partition coefficient (Wildman–Crippen LogP) is 12.3. The Morgan fingerprint density at radius 1 is 0.714 bits per heavy atom. The summed E-state index contributed by atoms with van der Waals surface area (Å²) in [6.07, 6.45) is 5.50. The molecule has 0 bridgehead atoms. The average molecular weight is 916 g/mol. The zero-order valence-electron chi connectivity index (χ0n) is 33.6. The molecule has 0 aliphatic carbocycles. The van der Waals surface area contributed by atoms with Gasteiger partial charge in [0, 0.05) is 50.0 Å². The van der Waals surface area contributed by atoms with Gasteiger partial charge in [-0.25, -0.2) is 4.98 Å². The Balaban J connectivity index is 0.00000480. The summed E-state index contributed by atoms with van der Waals surface area (Å²) in [5.41, 5.74) is 12.7. The van der Waals surface area contributed by atoms with Gasteiger partial charge in [-0.3, -0.25) is 4.57 Å². The molecule has 0 fully saturated rings. The molecule has 0 aliphatic heterocycles. The summed E-state index contributed by atoms with van der Waals surface area (Å²) in [5.74, 6) is 2.94. The van der Waals surface area contributed by atoms with Gasteiger partial charge in [0.25, 0.3) is 6.33 Å². The molecule has 286 valence electrons. The summed E-state index contributed by atoms with van der Waals surface area (Å²) in [4.78, 5) is 4.82. The molecule has 0 atom stereocenters. The van der Waals surface area contributed by atoms with Gasteiger partial charge < -0.3 is 13.9 Å². The predicted molar refractivity (Wildman–Crippen MR) is 224 cm³/mol. The molecule has 56 heavy (non-hydrogen) atoms. The summed E-state index contributed by atoms with van der Waals surface area (Å²) >= 11 is 0. The zero-order valence-corrected chi connectivity index (χ0v) is 35.9. The molecule has 0 radical (unpaired) electrons. The number of rotatable bonds is 8. The third-order valence-electron chi connectivity index (χ3n) is 10.8. The first kappa shape index (κ1) is 39.0. The number of para-hydroxylation sites is 1. The van der Waals surface area contributed by atoms with Crippen molar-refractivity contribution in [1.82, 2.24) is 14.1 Å². The summed E-state index contributed by atoms with van der Waals surface area (Å²) in [7, 11) is 0. The minimum Gasteiger partial charge on any atom is -0.510 e. The van der Waals surface area contributed by atoms with Gasteiger partial charge in [0.2, 0.25) is 0 Å². The molecule has 6 heteroatoms. The summed E-state index contributed by atoms with van der Waals surface area (Å²) in [6.45, 7) is 20.0. The van der Waals surface area contributed by atoms with Crippen molar-refractivity contribution in [2.75, 3.05) is 0 Å². The molecule has 3 heterocycles. The van der Waals surface area contributed by atoms with Gasteiger partial charge in [-0.15, -0.1) is 29.7 Å². The van der Waals surface area contributed by atoms with Crippen LogP contribution in [0.4, 0.5) is 0 Å². The van der Waals surface area contributed by atoms with Crippen LogP contribution >= 0.6 is 0 Å². The van der Waals surface area contributed by atoms with E-state index in [1.807, 2.05) is 30.5 Å². The monoisotopic (exact) mass is 915 g/mol. The third kappa shape index (κ3) is 7.14. The number of imidazole rings is 1. The maximum Gasteiger partial charge on any atom is 0.267 e. The van der Waals surface area contributed by atoms with Crippen molar-refractivity contribution in [3.63, 3.8) is 0 Å². The number of ether oxygens (including phenoxy) is 1. The van der Waals surface area contributed by atoms with Crippen molar-refractivity contribution >= 4 is 21.8 Å². The average Bonchev–Trinajstić information content (AvgIpc) is 3.67. The van der Waals surface area contributed by atoms with Crippen LogP contribution in [-0.2, 0) is 26.5 Å². The van der Waals surface area contributed by atoms with E-state index >= 15 is 0 Å². The Bertz CT molecular complexity index is 2670. The largest absolute Gasteiger partial charge is 0.510 e. The maximum absolute atomic E-state index is 6.50. The number of benzene rings is 5. The second-order valence-electron chi connectivity index (χ2n) is 16.2. The van der Waals surface area contributed by atoms with Crippen molar-refractivity contribution in [1.29, 1.82) is 0 Å². The van der Waals surface area contributed by atoms with Gasteiger partial charge in [-0.2, -0.15) is 18.2 Å². The van der Waals surface area contributed by atoms with Crippen LogP contribution in [0.25, 0.3) is 50.1 Å². The molecule has 5 aromatic carbocycles. The molecule has 5 nitrogen and oxygen atoms in total. The SMILES string of the molecule is Cc1c(C)[n+](-c2ccc(-c3c(C(C)C)cccc3C(C)C)cc2)[c-]n1-c1[c-]c(Oc2[c-]c3c(cc2)c2ccccc2n3-c2cc(C(C)(C)C)ccn2)ccc1.[Pt]. The van der Waals surface area contributed by atoms with E-state index in [1.165, 1.54) is 27.8 Å². The Morgan fingerprint density at radius 2 is 1.39 bits per heavy atom. The van der Waals surface area contributed by atoms with Crippen LogP contribution in [0.5, 0.6) is 11.5 Å². The van der Waals surface area contributed by atoms with Crippen molar-refractivity contribution in [3.8, 4) is 39.8 Å². The first-order valence-corrected chi connectivity index (χ1v) is 19.3. The van der Waals surface area contributed by atoms with Gasteiger partial charge in [0.05, 0.1) is 11.4 Å². The minimum atomic E-state index is -0.00887. The van der Waals surface area contributed by atoms with Crippen LogP contribution in [-0.4, -0.2) is 14.1 Å². The third-order valence-corrected chi connectivity index (χ3v) is 10.8. The Labute approximate surface area is 345 Å². The number of aromatic nitrogens is 4. The molecule has 0 saturated carbocycles.